The highest BCUT2D eigenvalue weighted by Gasteiger charge is 2.04. The topological polar surface area (TPSA) is 41.1 Å². The number of aryl methyl sites for hydroxylation is 3. The lowest BCUT2D eigenvalue weighted by Gasteiger charge is -2.12. The van der Waals surface area contributed by atoms with Crippen LogP contribution >= 0.6 is 12.4 Å². The lowest BCUT2D eigenvalue weighted by Crippen LogP contribution is -2.33. The Morgan fingerprint density at radius 1 is 1.17 bits per heavy atom. The molecule has 0 saturated carbocycles. The largest absolute Gasteiger partial charge is 0.355 e. The number of rotatable bonds is 5. The van der Waals surface area contributed by atoms with Gasteiger partial charge in [0.1, 0.15) is 0 Å². The lowest BCUT2D eigenvalue weighted by atomic mass is 9.97. The highest BCUT2D eigenvalue weighted by molar-refractivity contribution is 5.85. The van der Waals surface area contributed by atoms with Crippen LogP contribution in [0.25, 0.3) is 0 Å². The Morgan fingerprint density at radius 3 is 2.22 bits per heavy atom. The summed E-state index contributed by atoms with van der Waals surface area (Å²) in [7, 11) is 1.77. The maximum atomic E-state index is 11.3. The summed E-state index contributed by atoms with van der Waals surface area (Å²) in [6.07, 6.45) is 0.896. The molecule has 1 aromatic rings. The summed E-state index contributed by atoms with van der Waals surface area (Å²) in [4.78, 5) is 11.3. The molecule has 0 aliphatic carbocycles. The molecule has 3 nitrogen and oxygen atoms in total. The molecule has 4 heteroatoms. The Hall–Kier alpha value is -1.06. The number of likely N-dealkylation sites (N-methyl/N-ethyl adjacent to an activating group) is 1. The SMILES string of the molecule is CNCC(=O)NCCc1c(C)cc(C)cc1C.Cl. The van der Waals surface area contributed by atoms with Crippen molar-refractivity contribution in [3.05, 3.63) is 34.4 Å². The van der Waals surface area contributed by atoms with E-state index in [1.807, 2.05) is 0 Å². The van der Waals surface area contributed by atoms with E-state index in [1.54, 1.807) is 7.05 Å². The Balaban J connectivity index is 0.00000289. The van der Waals surface area contributed by atoms with Gasteiger partial charge in [0, 0.05) is 6.54 Å². The van der Waals surface area contributed by atoms with Crippen molar-refractivity contribution in [3.8, 4) is 0 Å². The van der Waals surface area contributed by atoms with E-state index < -0.39 is 0 Å². The van der Waals surface area contributed by atoms with Crippen LogP contribution in [0.15, 0.2) is 12.1 Å². The van der Waals surface area contributed by atoms with Crippen LogP contribution in [0.1, 0.15) is 22.3 Å². The van der Waals surface area contributed by atoms with Gasteiger partial charge in [-0.1, -0.05) is 17.7 Å². The highest BCUT2D eigenvalue weighted by atomic mass is 35.5. The second kappa shape index (κ2) is 8.11. The van der Waals surface area contributed by atoms with Crippen LogP contribution in [0.4, 0.5) is 0 Å². The summed E-state index contributed by atoms with van der Waals surface area (Å²) < 4.78 is 0. The van der Waals surface area contributed by atoms with Crippen molar-refractivity contribution >= 4 is 18.3 Å². The number of carbonyl (C=O) groups excluding carboxylic acids is 1. The second-order valence-electron chi connectivity index (χ2n) is 4.51. The van der Waals surface area contributed by atoms with Crippen LogP contribution in [-0.4, -0.2) is 26.0 Å². The third-order valence-electron chi connectivity index (χ3n) is 2.87. The van der Waals surface area contributed by atoms with E-state index >= 15 is 0 Å². The third kappa shape index (κ3) is 5.07. The standard InChI is InChI=1S/C14H22N2O.ClH/c1-10-7-11(2)13(12(3)8-10)5-6-16-14(17)9-15-4;/h7-8,15H,5-6,9H2,1-4H3,(H,16,17);1H. The first-order chi connectivity index (χ1) is 8.04. The van der Waals surface area contributed by atoms with Crippen molar-refractivity contribution in [1.29, 1.82) is 0 Å². The average Bonchev–Trinajstić information content (AvgIpc) is 2.22. The van der Waals surface area contributed by atoms with E-state index in [-0.39, 0.29) is 18.3 Å². The first kappa shape index (κ1) is 16.9. The fourth-order valence-electron chi connectivity index (χ4n) is 2.15. The lowest BCUT2D eigenvalue weighted by molar-refractivity contribution is -0.120. The number of amides is 1. The number of carbonyl (C=O) groups is 1. The van der Waals surface area contributed by atoms with Gasteiger partial charge in [-0.15, -0.1) is 12.4 Å². The van der Waals surface area contributed by atoms with Crippen molar-refractivity contribution < 1.29 is 4.79 Å². The van der Waals surface area contributed by atoms with Crippen molar-refractivity contribution in [2.75, 3.05) is 20.1 Å². The van der Waals surface area contributed by atoms with Gasteiger partial charge in [-0.2, -0.15) is 0 Å². The summed E-state index contributed by atoms with van der Waals surface area (Å²) in [5.41, 5.74) is 5.26. The van der Waals surface area contributed by atoms with Crippen molar-refractivity contribution in [2.24, 2.45) is 0 Å². The molecule has 2 N–H and O–H groups in total. The fraction of sp³-hybridized carbons (Fsp3) is 0.500. The average molecular weight is 271 g/mol. The van der Waals surface area contributed by atoms with Crippen LogP contribution in [0.2, 0.25) is 0 Å². The van der Waals surface area contributed by atoms with E-state index in [1.165, 1.54) is 22.3 Å². The van der Waals surface area contributed by atoms with Crippen molar-refractivity contribution in [1.82, 2.24) is 10.6 Å². The van der Waals surface area contributed by atoms with Gasteiger partial charge in [-0.05, 0) is 50.9 Å². The molecule has 102 valence electrons. The molecular weight excluding hydrogens is 248 g/mol. The summed E-state index contributed by atoms with van der Waals surface area (Å²) in [6.45, 7) is 7.45. The molecule has 0 fully saturated rings. The van der Waals surface area contributed by atoms with Gasteiger partial charge in [0.15, 0.2) is 0 Å². The zero-order chi connectivity index (χ0) is 12.8. The first-order valence-electron chi connectivity index (χ1n) is 6.02. The molecule has 1 amide bonds. The van der Waals surface area contributed by atoms with Crippen molar-refractivity contribution in [3.63, 3.8) is 0 Å². The summed E-state index contributed by atoms with van der Waals surface area (Å²) in [5, 5.41) is 5.73. The molecule has 1 rings (SSSR count). The third-order valence-corrected chi connectivity index (χ3v) is 2.87. The van der Waals surface area contributed by atoms with Gasteiger partial charge in [-0.3, -0.25) is 4.79 Å². The molecule has 0 spiro atoms. The zero-order valence-corrected chi connectivity index (χ0v) is 12.4. The Kier molecular flexibility index (Phi) is 7.64. The molecule has 0 heterocycles. The second-order valence-corrected chi connectivity index (χ2v) is 4.51. The molecular formula is C14H23ClN2O. The minimum Gasteiger partial charge on any atom is -0.355 e. The molecule has 0 radical (unpaired) electrons. The highest BCUT2D eigenvalue weighted by Crippen LogP contribution is 2.16. The molecule has 0 aliphatic heterocycles. The summed E-state index contributed by atoms with van der Waals surface area (Å²) in [6, 6.07) is 4.38. The van der Waals surface area contributed by atoms with Gasteiger partial charge < -0.3 is 10.6 Å². The Morgan fingerprint density at radius 2 is 1.72 bits per heavy atom. The minimum atomic E-state index is 0. The minimum absolute atomic E-state index is 0. The predicted molar refractivity (Wildman–Crippen MR) is 78.5 cm³/mol. The Labute approximate surface area is 116 Å². The molecule has 1 aromatic carbocycles. The van der Waals surface area contributed by atoms with E-state index in [9.17, 15) is 4.79 Å². The fourth-order valence-corrected chi connectivity index (χ4v) is 2.15. The number of nitrogens with one attached hydrogen (secondary N) is 2. The van der Waals surface area contributed by atoms with E-state index in [0.717, 1.165) is 6.42 Å². The molecule has 18 heavy (non-hydrogen) atoms. The van der Waals surface area contributed by atoms with Gasteiger partial charge in [0.25, 0.3) is 0 Å². The number of benzene rings is 1. The molecule has 0 unspecified atom stereocenters. The monoisotopic (exact) mass is 270 g/mol. The normalized spacial score (nSPS) is 9.78. The molecule has 0 saturated heterocycles. The Bertz CT molecular complexity index is 382. The van der Waals surface area contributed by atoms with Crippen molar-refractivity contribution in [2.45, 2.75) is 27.2 Å². The molecule has 0 atom stereocenters. The summed E-state index contributed by atoms with van der Waals surface area (Å²) in [5.74, 6) is 0.0508. The number of halogens is 1. The van der Waals surface area contributed by atoms with Gasteiger partial charge >= 0.3 is 0 Å². The van der Waals surface area contributed by atoms with E-state index in [2.05, 4.69) is 43.5 Å². The summed E-state index contributed by atoms with van der Waals surface area (Å²) >= 11 is 0. The first-order valence-corrected chi connectivity index (χ1v) is 6.02. The van der Waals surface area contributed by atoms with Gasteiger partial charge in [-0.25, -0.2) is 0 Å². The van der Waals surface area contributed by atoms with E-state index in [0.29, 0.717) is 13.1 Å². The van der Waals surface area contributed by atoms with Gasteiger partial charge in [0.05, 0.1) is 6.54 Å². The molecule has 0 aliphatic rings. The molecule has 0 aromatic heterocycles. The maximum absolute atomic E-state index is 11.3. The van der Waals surface area contributed by atoms with Crippen LogP contribution in [0.3, 0.4) is 0 Å². The molecule has 0 bridgehead atoms. The maximum Gasteiger partial charge on any atom is 0.233 e. The number of hydrogen-bond donors (Lipinski definition) is 2. The predicted octanol–water partition coefficient (Wildman–Crippen LogP) is 1.91. The zero-order valence-electron chi connectivity index (χ0n) is 11.6. The van der Waals surface area contributed by atoms with E-state index in [4.69, 9.17) is 0 Å². The van der Waals surface area contributed by atoms with Crippen LogP contribution < -0.4 is 10.6 Å². The van der Waals surface area contributed by atoms with Crippen LogP contribution in [0, 0.1) is 20.8 Å². The van der Waals surface area contributed by atoms with Crippen LogP contribution in [-0.2, 0) is 11.2 Å². The van der Waals surface area contributed by atoms with Crippen LogP contribution in [0.5, 0.6) is 0 Å². The quantitative estimate of drug-likeness (QED) is 0.858. The van der Waals surface area contributed by atoms with Gasteiger partial charge in [0.2, 0.25) is 5.91 Å². The number of hydrogen-bond acceptors (Lipinski definition) is 2. The smallest absolute Gasteiger partial charge is 0.233 e.